The lowest BCUT2D eigenvalue weighted by Crippen LogP contribution is -2.23. The van der Waals surface area contributed by atoms with Crippen molar-refractivity contribution in [3.8, 4) is 11.5 Å². The van der Waals surface area contributed by atoms with Gasteiger partial charge in [0.2, 0.25) is 0 Å². The summed E-state index contributed by atoms with van der Waals surface area (Å²) >= 11 is 5.89. The minimum atomic E-state index is -0.182. The van der Waals surface area contributed by atoms with E-state index in [0.717, 1.165) is 17.0 Å². The Morgan fingerprint density at radius 3 is 2.57 bits per heavy atom. The predicted molar refractivity (Wildman–Crippen MR) is 108 cm³/mol. The van der Waals surface area contributed by atoms with Crippen LogP contribution in [0.2, 0.25) is 5.02 Å². The molecule has 28 heavy (non-hydrogen) atoms. The first-order valence-electron chi connectivity index (χ1n) is 8.79. The van der Waals surface area contributed by atoms with Crippen LogP contribution < -0.4 is 14.8 Å². The minimum Gasteiger partial charge on any atom is -0.496 e. The van der Waals surface area contributed by atoms with Crippen LogP contribution in [-0.2, 0) is 20.2 Å². The van der Waals surface area contributed by atoms with E-state index < -0.39 is 0 Å². The quantitative estimate of drug-likeness (QED) is 0.654. The summed E-state index contributed by atoms with van der Waals surface area (Å²) in [4.78, 5) is 12.5. The van der Waals surface area contributed by atoms with Gasteiger partial charge in [0.25, 0.3) is 5.91 Å². The summed E-state index contributed by atoms with van der Waals surface area (Å²) in [5.74, 6) is 1.16. The molecule has 0 unspecified atom stereocenters. The van der Waals surface area contributed by atoms with Crippen molar-refractivity contribution in [1.82, 2.24) is 15.1 Å². The standard InChI is InChI=1S/C21H22ClN3O3/c1-14-10-18(24-25(14)2)12-23-21(26)15-4-9-20(27-3)16(11-15)13-28-19-7-5-17(22)6-8-19/h4-11H,12-13H2,1-3H3,(H,23,26). The average molecular weight is 400 g/mol. The number of benzene rings is 2. The topological polar surface area (TPSA) is 65.4 Å². The Morgan fingerprint density at radius 2 is 1.93 bits per heavy atom. The molecule has 0 atom stereocenters. The van der Waals surface area contributed by atoms with E-state index in [9.17, 15) is 4.79 Å². The molecule has 0 radical (unpaired) electrons. The minimum absolute atomic E-state index is 0.182. The largest absolute Gasteiger partial charge is 0.496 e. The summed E-state index contributed by atoms with van der Waals surface area (Å²) in [5, 5.41) is 7.88. The fraction of sp³-hybridized carbons (Fsp3) is 0.238. The summed E-state index contributed by atoms with van der Waals surface area (Å²) in [6.07, 6.45) is 0. The number of nitrogens with one attached hydrogen (secondary N) is 1. The molecule has 1 amide bonds. The summed E-state index contributed by atoms with van der Waals surface area (Å²) in [6, 6.07) is 14.3. The zero-order chi connectivity index (χ0) is 20.1. The van der Waals surface area contributed by atoms with Crippen LogP contribution in [-0.4, -0.2) is 22.8 Å². The Morgan fingerprint density at radius 1 is 1.18 bits per heavy atom. The van der Waals surface area contributed by atoms with E-state index in [-0.39, 0.29) is 12.5 Å². The third-order valence-corrected chi connectivity index (χ3v) is 4.60. The number of halogens is 1. The van der Waals surface area contributed by atoms with E-state index in [1.54, 1.807) is 54.3 Å². The molecule has 0 aliphatic carbocycles. The van der Waals surface area contributed by atoms with E-state index in [0.29, 0.717) is 28.6 Å². The zero-order valence-corrected chi connectivity index (χ0v) is 16.8. The molecule has 0 spiro atoms. The van der Waals surface area contributed by atoms with Crippen LogP contribution in [0.25, 0.3) is 0 Å². The molecule has 2 aromatic carbocycles. The molecule has 1 heterocycles. The Labute approximate surface area is 169 Å². The van der Waals surface area contributed by atoms with Crippen LogP contribution in [0.15, 0.2) is 48.5 Å². The van der Waals surface area contributed by atoms with Gasteiger partial charge in [-0.05, 0) is 55.5 Å². The monoisotopic (exact) mass is 399 g/mol. The highest BCUT2D eigenvalue weighted by atomic mass is 35.5. The number of aryl methyl sites for hydroxylation is 2. The van der Waals surface area contributed by atoms with Crippen LogP contribution in [0.3, 0.4) is 0 Å². The van der Waals surface area contributed by atoms with Crippen LogP contribution in [0.4, 0.5) is 0 Å². The third-order valence-electron chi connectivity index (χ3n) is 4.35. The van der Waals surface area contributed by atoms with Gasteiger partial charge >= 0.3 is 0 Å². The van der Waals surface area contributed by atoms with Gasteiger partial charge in [-0.2, -0.15) is 5.10 Å². The van der Waals surface area contributed by atoms with Crippen LogP contribution >= 0.6 is 11.6 Å². The highest BCUT2D eigenvalue weighted by Crippen LogP contribution is 2.23. The van der Waals surface area contributed by atoms with Gasteiger partial charge < -0.3 is 14.8 Å². The molecule has 3 rings (SSSR count). The molecule has 0 fully saturated rings. The molecular formula is C21H22ClN3O3. The number of aromatic nitrogens is 2. The molecule has 0 aliphatic heterocycles. The van der Waals surface area contributed by atoms with Crippen molar-refractivity contribution in [2.45, 2.75) is 20.1 Å². The second-order valence-corrected chi connectivity index (χ2v) is 6.79. The van der Waals surface area contributed by atoms with E-state index in [1.807, 2.05) is 20.0 Å². The fourth-order valence-corrected chi connectivity index (χ4v) is 2.84. The second kappa shape index (κ2) is 8.80. The Kier molecular flexibility index (Phi) is 6.21. The van der Waals surface area contributed by atoms with E-state index in [2.05, 4.69) is 10.4 Å². The van der Waals surface area contributed by atoms with Gasteiger partial charge in [0.05, 0.1) is 19.3 Å². The Balaban J connectivity index is 1.68. The van der Waals surface area contributed by atoms with Gasteiger partial charge in [0.1, 0.15) is 18.1 Å². The van der Waals surface area contributed by atoms with Crippen molar-refractivity contribution >= 4 is 17.5 Å². The first kappa shape index (κ1) is 19.8. The molecular weight excluding hydrogens is 378 g/mol. The van der Waals surface area contributed by atoms with Gasteiger partial charge in [-0.3, -0.25) is 9.48 Å². The maximum atomic E-state index is 12.5. The number of rotatable bonds is 7. The number of hydrogen-bond donors (Lipinski definition) is 1. The normalized spacial score (nSPS) is 10.6. The smallest absolute Gasteiger partial charge is 0.251 e. The average Bonchev–Trinajstić information content (AvgIpc) is 3.03. The van der Waals surface area contributed by atoms with Gasteiger partial charge in [-0.15, -0.1) is 0 Å². The first-order valence-corrected chi connectivity index (χ1v) is 9.17. The van der Waals surface area contributed by atoms with Crippen LogP contribution in [0.1, 0.15) is 27.3 Å². The number of carbonyl (C=O) groups excluding carboxylic acids is 1. The molecule has 1 N–H and O–H groups in total. The van der Waals surface area contributed by atoms with Gasteiger partial charge in [-0.25, -0.2) is 0 Å². The van der Waals surface area contributed by atoms with Gasteiger partial charge in [0, 0.05) is 28.9 Å². The second-order valence-electron chi connectivity index (χ2n) is 6.35. The number of nitrogens with zero attached hydrogens (tertiary/aromatic N) is 2. The number of hydrogen-bond acceptors (Lipinski definition) is 4. The Hall–Kier alpha value is -2.99. The molecule has 3 aromatic rings. The van der Waals surface area contributed by atoms with Crippen LogP contribution in [0, 0.1) is 6.92 Å². The van der Waals surface area contributed by atoms with E-state index >= 15 is 0 Å². The van der Waals surface area contributed by atoms with Crippen molar-refractivity contribution in [2.24, 2.45) is 7.05 Å². The summed E-state index contributed by atoms with van der Waals surface area (Å²) in [5.41, 5.74) is 3.16. The molecule has 146 valence electrons. The molecule has 0 saturated carbocycles. The van der Waals surface area contributed by atoms with E-state index in [1.165, 1.54) is 0 Å². The predicted octanol–water partition coefficient (Wildman–Crippen LogP) is 3.90. The van der Waals surface area contributed by atoms with Crippen molar-refractivity contribution in [3.63, 3.8) is 0 Å². The van der Waals surface area contributed by atoms with E-state index in [4.69, 9.17) is 21.1 Å². The van der Waals surface area contributed by atoms with Gasteiger partial charge in [-0.1, -0.05) is 11.6 Å². The van der Waals surface area contributed by atoms with Crippen molar-refractivity contribution in [3.05, 3.63) is 76.1 Å². The molecule has 1 aromatic heterocycles. The maximum absolute atomic E-state index is 12.5. The first-order chi connectivity index (χ1) is 13.5. The summed E-state index contributed by atoms with van der Waals surface area (Å²) in [6.45, 7) is 2.60. The Bertz CT molecular complexity index is 948. The van der Waals surface area contributed by atoms with Crippen LogP contribution in [0.5, 0.6) is 11.5 Å². The molecule has 6 nitrogen and oxygen atoms in total. The van der Waals surface area contributed by atoms with Crippen molar-refractivity contribution < 1.29 is 14.3 Å². The van der Waals surface area contributed by atoms with Crippen molar-refractivity contribution in [1.29, 1.82) is 0 Å². The lowest BCUT2D eigenvalue weighted by Gasteiger charge is -2.12. The summed E-state index contributed by atoms with van der Waals surface area (Å²) < 4.78 is 13.0. The molecule has 7 heteroatoms. The van der Waals surface area contributed by atoms with Crippen molar-refractivity contribution in [2.75, 3.05) is 7.11 Å². The van der Waals surface area contributed by atoms with Gasteiger partial charge in [0.15, 0.2) is 0 Å². The molecule has 0 bridgehead atoms. The number of methoxy groups -OCH3 is 1. The summed E-state index contributed by atoms with van der Waals surface area (Å²) in [7, 11) is 3.46. The lowest BCUT2D eigenvalue weighted by molar-refractivity contribution is 0.0950. The SMILES string of the molecule is COc1ccc(C(=O)NCc2cc(C)n(C)n2)cc1COc1ccc(Cl)cc1. The highest BCUT2D eigenvalue weighted by Gasteiger charge is 2.12. The molecule has 0 saturated heterocycles. The number of ether oxygens (including phenoxy) is 2. The zero-order valence-electron chi connectivity index (χ0n) is 16.0. The molecule has 0 aliphatic rings. The third kappa shape index (κ3) is 4.84. The fourth-order valence-electron chi connectivity index (χ4n) is 2.72. The lowest BCUT2D eigenvalue weighted by atomic mass is 10.1. The number of carbonyl (C=O) groups is 1. The maximum Gasteiger partial charge on any atom is 0.251 e. The number of amides is 1. The highest BCUT2D eigenvalue weighted by molar-refractivity contribution is 6.30.